The fourth-order valence-corrected chi connectivity index (χ4v) is 2.27. The van der Waals surface area contributed by atoms with Crippen LogP contribution >= 0.6 is 23.2 Å². The van der Waals surface area contributed by atoms with E-state index >= 15 is 0 Å². The van der Waals surface area contributed by atoms with Crippen LogP contribution in [-0.4, -0.2) is 5.91 Å². The standard InChI is InChI=1S/C15H13Cl2NO/c1-10(11-5-3-2-4-6-11)18-15(19)13-8-7-12(16)9-14(13)17/h2-10H,1H3,(H,18,19)/t10-/m0/s1. The van der Waals surface area contributed by atoms with Gasteiger partial charge >= 0.3 is 0 Å². The molecule has 0 spiro atoms. The molecule has 0 heterocycles. The summed E-state index contributed by atoms with van der Waals surface area (Å²) in [5.74, 6) is -0.210. The highest BCUT2D eigenvalue weighted by Gasteiger charge is 2.14. The summed E-state index contributed by atoms with van der Waals surface area (Å²) in [5.41, 5.74) is 1.47. The molecule has 19 heavy (non-hydrogen) atoms. The normalized spacial score (nSPS) is 11.9. The Bertz CT molecular complexity index is 584. The number of hydrogen-bond acceptors (Lipinski definition) is 1. The summed E-state index contributed by atoms with van der Waals surface area (Å²) in [7, 11) is 0. The highest BCUT2D eigenvalue weighted by Crippen LogP contribution is 2.22. The molecule has 1 atom stereocenters. The Balaban J connectivity index is 2.13. The van der Waals surface area contributed by atoms with Crippen LogP contribution in [0.4, 0.5) is 0 Å². The topological polar surface area (TPSA) is 29.1 Å². The first kappa shape index (κ1) is 13.9. The minimum atomic E-state index is -0.210. The first-order valence-corrected chi connectivity index (χ1v) is 6.64. The molecule has 0 aliphatic heterocycles. The maximum absolute atomic E-state index is 12.1. The lowest BCUT2D eigenvalue weighted by molar-refractivity contribution is 0.0940. The van der Waals surface area contributed by atoms with Gasteiger partial charge in [-0.2, -0.15) is 0 Å². The van der Waals surface area contributed by atoms with Crippen molar-refractivity contribution in [2.75, 3.05) is 0 Å². The molecule has 0 aliphatic rings. The van der Waals surface area contributed by atoms with E-state index in [-0.39, 0.29) is 11.9 Å². The third kappa shape index (κ3) is 3.49. The Labute approximate surface area is 122 Å². The van der Waals surface area contributed by atoms with Crippen LogP contribution in [0.5, 0.6) is 0 Å². The summed E-state index contributed by atoms with van der Waals surface area (Å²) in [4.78, 5) is 12.1. The zero-order valence-corrected chi connectivity index (χ0v) is 11.9. The van der Waals surface area contributed by atoms with Crippen LogP contribution in [0.15, 0.2) is 48.5 Å². The van der Waals surface area contributed by atoms with E-state index in [1.165, 1.54) is 0 Å². The summed E-state index contributed by atoms with van der Waals surface area (Å²) >= 11 is 11.8. The Hall–Kier alpha value is -1.51. The largest absolute Gasteiger partial charge is 0.345 e. The van der Waals surface area contributed by atoms with Crippen LogP contribution in [0, 0.1) is 0 Å². The molecule has 0 saturated heterocycles. The molecule has 98 valence electrons. The molecular weight excluding hydrogens is 281 g/mol. The minimum absolute atomic E-state index is 0.0829. The smallest absolute Gasteiger partial charge is 0.253 e. The lowest BCUT2D eigenvalue weighted by Gasteiger charge is -2.15. The molecule has 0 radical (unpaired) electrons. The third-order valence-corrected chi connectivity index (χ3v) is 3.37. The SMILES string of the molecule is C[C@H](NC(=O)c1ccc(Cl)cc1Cl)c1ccccc1. The predicted molar refractivity (Wildman–Crippen MR) is 78.8 cm³/mol. The molecule has 0 aromatic heterocycles. The number of carbonyl (C=O) groups is 1. The van der Waals surface area contributed by atoms with E-state index in [1.54, 1.807) is 18.2 Å². The molecule has 1 amide bonds. The highest BCUT2D eigenvalue weighted by molar-refractivity contribution is 6.36. The number of halogens is 2. The van der Waals surface area contributed by atoms with E-state index in [0.29, 0.717) is 15.6 Å². The van der Waals surface area contributed by atoms with Crippen LogP contribution in [0.3, 0.4) is 0 Å². The van der Waals surface area contributed by atoms with E-state index in [4.69, 9.17) is 23.2 Å². The summed E-state index contributed by atoms with van der Waals surface area (Å²) < 4.78 is 0. The lowest BCUT2D eigenvalue weighted by Crippen LogP contribution is -2.26. The fraction of sp³-hybridized carbons (Fsp3) is 0.133. The molecule has 2 rings (SSSR count). The maximum atomic E-state index is 12.1. The second-order valence-corrected chi connectivity index (χ2v) is 5.07. The Morgan fingerprint density at radius 3 is 2.42 bits per heavy atom. The lowest BCUT2D eigenvalue weighted by atomic mass is 10.1. The molecule has 1 N–H and O–H groups in total. The van der Waals surface area contributed by atoms with Gasteiger partial charge < -0.3 is 5.32 Å². The van der Waals surface area contributed by atoms with Gasteiger partial charge in [-0.15, -0.1) is 0 Å². The zero-order chi connectivity index (χ0) is 13.8. The van der Waals surface area contributed by atoms with Crippen molar-refractivity contribution in [1.82, 2.24) is 5.32 Å². The average molecular weight is 294 g/mol. The van der Waals surface area contributed by atoms with Crippen molar-refractivity contribution < 1.29 is 4.79 Å². The van der Waals surface area contributed by atoms with Gasteiger partial charge in [0.1, 0.15) is 0 Å². The summed E-state index contributed by atoms with van der Waals surface area (Å²) in [6.45, 7) is 1.93. The second kappa shape index (κ2) is 6.09. The van der Waals surface area contributed by atoms with E-state index < -0.39 is 0 Å². The molecule has 2 aromatic carbocycles. The van der Waals surface area contributed by atoms with Gasteiger partial charge in [0.25, 0.3) is 5.91 Å². The maximum Gasteiger partial charge on any atom is 0.253 e. The number of nitrogens with one attached hydrogen (secondary N) is 1. The van der Waals surface area contributed by atoms with E-state index in [1.807, 2.05) is 37.3 Å². The summed E-state index contributed by atoms with van der Waals surface area (Å²) in [6, 6.07) is 14.5. The highest BCUT2D eigenvalue weighted by atomic mass is 35.5. The second-order valence-electron chi connectivity index (χ2n) is 4.23. The van der Waals surface area contributed by atoms with Gasteiger partial charge in [-0.25, -0.2) is 0 Å². The van der Waals surface area contributed by atoms with Crippen molar-refractivity contribution in [2.45, 2.75) is 13.0 Å². The minimum Gasteiger partial charge on any atom is -0.345 e. The van der Waals surface area contributed by atoms with Gasteiger partial charge in [0.15, 0.2) is 0 Å². The van der Waals surface area contributed by atoms with Crippen LogP contribution in [0.25, 0.3) is 0 Å². The molecule has 2 nitrogen and oxygen atoms in total. The molecule has 0 bridgehead atoms. The first-order valence-electron chi connectivity index (χ1n) is 5.89. The van der Waals surface area contributed by atoms with Crippen molar-refractivity contribution in [3.8, 4) is 0 Å². The molecule has 0 saturated carbocycles. The molecule has 4 heteroatoms. The number of hydrogen-bond donors (Lipinski definition) is 1. The monoisotopic (exact) mass is 293 g/mol. The summed E-state index contributed by atoms with van der Waals surface area (Å²) in [5, 5.41) is 3.77. The van der Waals surface area contributed by atoms with Crippen LogP contribution in [0.1, 0.15) is 28.9 Å². The van der Waals surface area contributed by atoms with E-state index in [2.05, 4.69) is 5.32 Å². The van der Waals surface area contributed by atoms with E-state index in [0.717, 1.165) is 5.56 Å². The Morgan fingerprint density at radius 2 is 1.79 bits per heavy atom. The quantitative estimate of drug-likeness (QED) is 0.888. The van der Waals surface area contributed by atoms with E-state index in [9.17, 15) is 4.79 Å². The number of amides is 1. The average Bonchev–Trinajstić information content (AvgIpc) is 2.39. The van der Waals surface area contributed by atoms with Gasteiger partial charge in [-0.1, -0.05) is 53.5 Å². The van der Waals surface area contributed by atoms with Crippen molar-refractivity contribution >= 4 is 29.1 Å². The Kier molecular flexibility index (Phi) is 4.46. The van der Waals surface area contributed by atoms with Gasteiger partial charge in [0.2, 0.25) is 0 Å². The molecule has 0 aliphatic carbocycles. The van der Waals surface area contributed by atoms with Crippen LogP contribution in [-0.2, 0) is 0 Å². The molecule has 0 unspecified atom stereocenters. The van der Waals surface area contributed by atoms with Gasteiger partial charge in [-0.05, 0) is 30.7 Å². The number of carbonyl (C=O) groups excluding carboxylic acids is 1. The van der Waals surface area contributed by atoms with Crippen molar-refractivity contribution in [2.24, 2.45) is 0 Å². The van der Waals surface area contributed by atoms with Gasteiger partial charge in [0.05, 0.1) is 16.6 Å². The fourth-order valence-electron chi connectivity index (χ4n) is 1.77. The molecule has 0 fully saturated rings. The van der Waals surface area contributed by atoms with Crippen molar-refractivity contribution in [1.29, 1.82) is 0 Å². The van der Waals surface area contributed by atoms with Crippen LogP contribution in [0.2, 0.25) is 10.0 Å². The molecular formula is C15H13Cl2NO. The van der Waals surface area contributed by atoms with Crippen molar-refractivity contribution in [3.63, 3.8) is 0 Å². The van der Waals surface area contributed by atoms with Gasteiger partial charge in [-0.3, -0.25) is 4.79 Å². The summed E-state index contributed by atoms with van der Waals surface area (Å²) in [6.07, 6.45) is 0. The predicted octanol–water partition coefficient (Wildman–Crippen LogP) is 4.48. The number of benzene rings is 2. The third-order valence-electron chi connectivity index (χ3n) is 2.82. The number of rotatable bonds is 3. The van der Waals surface area contributed by atoms with Crippen molar-refractivity contribution in [3.05, 3.63) is 69.7 Å². The van der Waals surface area contributed by atoms with Crippen LogP contribution < -0.4 is 5.32 Å². The Morgan fingerprint density at radius 1 is 1.11 bits per heavy atom. The zero-order valence-electron chi connectivity index (χ0n) is 10.4. The molecule has 2 aromatic rings. The van der Waals surface area contributed by atoms with Gasteiger partial charge in [0, 0.05) is 5.02 Å². The first-order chi connectivity index (χ1) is 9.08.